The van der Waals surface area contributed by atoms with Gasteiger partial charge in [-0.05, 0) is 77.0 Å². The molecule has 5 nitrogen and oxygen atoms in total. The lowest BCUT2D eigenvalue weighted by Gasteiger charge is -2.13. The van der Waals surface area contributed by atoms with Gasteiger partial charge in [-0.2, -0.15) is 0 Å². The first kappa shape index (κ1) is 30.9. The van der Waals surface area contributed by atoms with Crippen LogP contribution in [0.5, 0.6) is 0 Å². The summed E-state index contributed by atoms with van der Waals surface area (Å²) in [6, 6.07) is 5.01. The zero-order valence-electron chi connectivity index (χ0n) is 21.8. The van der Waals surface area contributed by atoms with Crippen LogP contribution in [-0.4, -0.2) is 47.7 Å². The average molecular weight is 460 g/mol. The number of benzene rings is 1. The van der Waals surface area contributed by atoms with Crippen LogP contribution in [0.15, 0.2) is 18.2 Å². The molecule has 0 heterocycles. The van der Waals surface area contributed by atoms with E-state index >= 15 is 0 Å². The van der Waals surface area contributed by atoms with Crippen molar-refractivity contribution in [1.82, 2.24) is 4.90 Å². The average Bonchev–Trinajstić information content (AvgIpc) is 2.76. The molecule has 0 aliphatic heterocycles. The molecular weight excluding hydrogens is 414 g/mol. The van der Waals surface area contributed by atoms with E-state index in [9.17, 15) is 19.2 Å². The number of hydrogen-bond donors (Lipinski definition) is 0. The third-order valence-electron chi connectivity index (χ3n) is 5.78. The molecule has 0 fully saturated rings. The summed E-state index contributed by atoms with van der Waals surface area (Å²) < 4.78 is 0. The van der Waals surface area contributed by atoms with Gasteiger partial charge in [0.15, 0.2) is 11.6 Å². The minimum atomic E-state index is -0.105. The van der Waals surface area contributed by atoms with Crippen molar-refractivity contribution in [2.24, 2.45) is 0 Å². The summed E-state index contributed by atoms with van der Waals surface area (Å²) in [5.74, 6) is 0.173. The Kier molecular flexibility index (Phi) is 17.1. The summed E-state index contributed by atoms with van der Waals surface area (Å²) in [6.07, 6.45) is 7.53. The Hall–Kier alpha value is -2.14. The standard InChI is InChI=1S/C22H30O4.C6H15N/c1-16(23)10-8-6-4-5-7-9-11-22(26)14-19-12-20(17(2)24)15-21(13-19)18(3)25;1-4-7(5-2)6-3/h12-13,15H,4-11,14H2,1-3H3;4-6H2,1-3H3. The van der Waals surface area contributed by atoms with Crippen molar-refractivity contribution < 1.29 is 19.2 Å². The van der Waals surface area contributed by atoms with E-state index in [-0.39, 0.29) is 29.6 Å². The van der Waals surface area contributed by atoms with Gasteiger partial charge in [-0.15, -0.1) is 0 Å². The van der Waals surface area contributed by atoms with Gasteiger partial charge in [-0.1, -0.05) is 46.5 Å². The Morgan fingerprint density at radius 3 is 1.42 bits per heavy atom. The van der Waals surface area contributed by atoms with Gasteiger partial charge in [0, 0.05) is 30.4 Å². The van der Waals surface area contributed by atoms with Crippen LogP contribution >= 0.6 is 0 Å². The fourth-order valence-electron chi connectivity index (χ4n) is 3.59. The molecule has 0 amide bonds. The Morgan fingerprint density at radius 2 is 1.06 bits per heavy atom. The Labute approximate surface area is 201 Å². The zero-order valence-corrected chi connectivity index (χ0v) is 21.8. The molecule has 33 heavy (non-hydrogen) atoms. The topological polar surface area (TPSA) is 71.5 Å². The molecule has 0 aliphatic carbocycles. The molecule has 0 aliphatic rings. The molecule has 0 bridgehead atoms. The molecule has 1 aromatic carbocycles. The quantitative estimate of drug-likeness (QED) is 0.215. The number of unbranched alkanes of at least 4 members (excludes halogenated alkanes) is 5. The molecule has 0 saturated carbocycles. The smallest absolute Gasteiger partial charge is 0.159 e. The molecule has 0 unspecified atom stereocenters. The van der Waals surface area contributed by atoms with Crippen LogP contribution in [0.2, 0.25) is 0 Å². The fraction of sp³-hybridized carbons (Fsp3) is 0.643. The normalized spacial score (nSPS) is 10.5. The van der Waals surface area contributed by atoms with E-state index in [4.69, 9.17) is 0 Å². The van der Waals surface area contributed by atoms with Crippen molar-refractivity contribution in [3.8, 4) is 0 Å². The third-order valence-corrected chi connectivity index (χ3v) is 5.78. The molecule has 1 rings (SSSR count). The molecule has 5 heteroatoms. The fourth-order valence-corrected chi connectivity index (χ4v) is 3.59. The van der Waals surface area contributed by atoms with Crippen LogP contribution in [0.4, 0.5) is 0 Å². The second-order valence-electron chi connectivity index (χ2n) is 8.69. The molecule has 0 atom stereocenters. The highest BCUT2D eigenvalue weighted by Gasteiger charge is 2.11. The molecule has 186 valence electrons. The number of Topliss-reactive ketones (excluding diaryl/α,β-unsaturated/α-hetero) is 4. The summed E-state index contributed by atoms with van der Waals surface area (Å²) in [4.78, 5) is 48.6. The highest BCUT2D eigenvalue weighted by Crippen LogP contribution is 2.15. The zero-order chi connectivity index (χ0) is 25.2. The molecular formula is C28H45NO4. The first-order valence-corrected chi connectivity index (χ1v) is 12.5. The monoisotopic (exact) mass is 459 g/mol. The molecule has 0 radical (unpaired) electrons. The van der Waals surface area contributed by atoms with Gasteiger partial charge >= 0.3 is 0 Å². The molecule has 1 aromatic rings. The second-order valence-corrected chi connectivity index (χ2v) is 8.69. The van der Waals surface area contributed by atoms with Crippen LogP contribution in [0.1, 0.15) is 119 Å². The maximum Gasteiger partial charge on any atom is 0.159 e. The van der Waals surface area contributed by atoms with Gasteiger partial charge in [-0.25, -0.2) is 0 Å². The van der Waals surface area contributed by atoms with Crippen molar-refractivity contribution in [2.75, 3.05) is 19.6 Å². The largest absolute Gasteiger partial charge is 0.304 e. The first-order chi connectivity index (χ1) is 15.6. The van der Waals surface area contributed by atoms with Gasteiger partial charge in [0.2, 0.25) is 0 Å². The van der Waals surface area contributed by atoms with E-state index in [1.807, 2.05) is 0 Å². The van der Waals surface area contributed by atoms with E-state index in [2.05, 4.69) is 25.7 Å². The maximum atomic E-state index is 12.2. The Morgan fingerprint density at radius 1 is 0.636 bits per heavy atom. The van der Waals surface area contributed by atoms with Crippen LogP contribution in [0.25, 0.3) is 0 Å². The summed E-state index contributed by atoms with van der Waals surface area (Å²) >= 11 is 0. The van der Waals surface area contributed by atoms with Crippen molar-refractivity contribution in [3.63, 3.8) is 0 Å². The molecule has 0 spiro atoms. The van der Waals surface area contributed by atoms with E-state index in [0.29, 0.717) is 24.0 Å². The summed E-state index contributed by atoms with van der Waals surface area (Å²) in [5.41, 5.74) is 1.69. The molecule has 0 N–H and O–H groups in total. The van der Waals surface area contributed by atoms with Crippen molar-refractivity contribution >= 4 is 23.1 Å². The minimum Gasteiger partial charge on any atom is -0.304 e. The number of ketones is 4. The van der Waals surface area contributed by atoms with E-state index < -0.39 is 0 Å². The van der Waals surface area contributed by atoms with Crippen LogP contribution in [0, 0.1) is 0 Å². The van der Waals surface area contributed by atoms with Gasteiger partial charge < -0.3 is 9.69 Å². The SMILES string of the molecule is CC(=O)CCCCCCCCC(=O)Cc1cc(C(C)=O)cc(C(C)=O)c1.CCN(CC)CC. The predicted molar refractivity (Wildman–Crippen MR) is 136 cm³/mol. The van der Waals surface area contributed by atoms with Gasteiger partial charge in [-0.3, -0.25) is 14.4 Å². The van der Waals surface area contributed by atoms with E-state index in [0.717, 1.165) is 44.1 Å². The minimum absolute atomic E-state index is 0.105. The number of rotatable bonds is 16. The molecule has 0 aromatic heterocycles. The van der Waals surface area contributed by atoms with Crippen LogP contribution in [-0.2, 0) is 16.0 Å². The van der Waals surface area contributed by atoms with Gasteiger partial charge in [0.1, 0.15) is 11.6 Å². The summed E-state index contributed by atoms with van der Waals surface area (Å²) in [6.45, 7) is 14.7. The van der Waals surface area contributed by atoms with Crippen molar-refractivity contribution in [3.05, 3.63) is 34.9 Å². The van der Waals surface area contributed by atoms with Crippen molar-refractivity contribution in [1.29, 1.82) is 0 Å². The van der Waals surface area contributed by atoms with Crippen LogP contribution < -0.4 is 0 Å². The highest BCUT2D eigenvalue weighted by molar-refractivity contribution is 6.00. The lowest BCUT2D eigenvalue weighted by Crippen LogP contribution is -2.21. The van der Waals surface area contributed by atoms with E-state index in [1.54, 1.807) is 25.1 Å². The lowest BCUT2D eigenvalue weighted by atomic mass is 9.97. The second kappa shape index (κ2) is 18.3. The lowest BCUT2D eigenvalue weighted by molar-refractivity contribution is -0.119. The summed E-state index contributed by atoms with van der Waals surface area (Å²) in [5, 5.41) is 0. The number of nitrogens with zero attached hydrogens (tertiary/aromatic N) is 1. The number of hydrogen-bond acceptors (Lipinski definition) is 5. The summed E-state index contributed by atoms with van der Waals surface area (Å²) in [7, 11) is 0. The van der Waals surface area contributed by atoms with Crippen LogP contribution in [0.3, 0.4) is 0 Å². The van der Waals surface area contributed by atoms with Crippen molar-refractivity contribution in [2.45, 2.75) is 99.3 Å². The number of carbonyl (C=O) groups excluding carboxylic acids is 4. The maximum absolute atomic E-state index is 12.2. The highest BCUT2D eigenvalue weighted by atomic mass is 16.1. The van der Waals surface area contributed by atoms with Gasteiger partial charge in [0.25, 0.3) is 0 Å². The first-order valence-electron chi connectivity index (χ1n) is 12.5. The number of carbonyl (C=O) groups is 4. The Balaban J connectivity index is 0.00000126. The molecule has 0 saturated heterocycles. The Bertz CT molecular complexity index is 713. The van der Waals surface area contributed by atoms with E-state index in [1.165, 1.54) is 33.5 Å². The third kappa shape index (κ3) is 15.3. The predicted octanol–water partition coefficient (Wildman–Crippen LogP) is 6.26. The van der Waals surface area contributed by atoms with Gasteiger partial charge in [0.05, 0.1) is 0 Å².